The Labute approximate surface area is 123 Å². The average molecular weight is 288 g/mol. The molecule has 1 aliphatic carbocycles. The highest BCUT2D eigenvalue weighted by atomic mass is 16.2. The van der Waals surface area contributed by atoms with Crippen molar-refractivity contribution in [1.29, 1.82) is 0 Å². The molecule has 6 heteroatoms. The minimum atomic E-state index is -0.676. The smallest absolute Gasteiger partial charge is 0.249 e. The number of nitrogens with zero attached hydrogens (tertiary/aromatic N) is 3. The van der Waals surface area contributed by atoms with Crippen LogP contribution in [-0.2, 0) is 16.1 Å². The third kappa shape index (κ3) is 2.39. The van der Waals surface area contributed by atoms with Gasteiger partial charge in [0.25, 0.3) is 0 Å². The van der Waals surface area contributed by atoms with Gasteiger partial charge in [0.05, 0.1) is 12.2 Å². The van der Waals surface area contributed by atoms with Crippen LogP contribution in [0.4, 0.5) is 0 Å². The summed E-state index contributed by atoms with van der Waals surface area (Å²) in [7, 11) is 0. The maximum Gasteiger partial charge on any atom is 0.249 e. The molecule has 0 radical (unpaired) electrons. The topological polar surface area (TPSA) is 75.2 Å². The van der Waals surface area contributed by atoms with Crippen LogP contribution in [0.1, 0.15) is 44.7 Å². The summed E-state index contributed by atoms with van der Waals surface area (Å²) in [6.45, 7) is 2.27. The summed E-state index contributed by atoms with van der Waals surface area (Å²) in [6.07, 6.45) is 5.66. The van der Waals surface area contributed by atoms with Crippen molar-refractivity contribution in [3.8, 4) is 0 Å². The van der Waals surface area contributed by atoms with Crippen molar-refractivity contribution in [2.75, 3.05) is 0 Å². The Bertz CT molecular complexity index is 540. The Morgan fingerprint density at radius 3 is 2.76 bits per heavy atom. The van der Waals surface area contributed by atoms with E-state index in [1.54, 1.807) is 17.2 Å². The number of carbonyl (C=O) groups is 2. The summed E-state index contributed by atoms with van der Waals surface area (Å²) < 4.78 is 0. The molecule has 1 saturated heterocycles. The van der Waals surface area contributed by atoms with Crippen LogP contribution in [0.3, 0.4) is 0 Å². The lowest BCUT2D eigenvalue weighted by Crippen LogP contribution is -2.69. The van der Waals surface area contributed by atoms with Gasteiger partial charge in [0.15, 0.2) is 0 Å². The van der Waals surface area contributed by atoms with Gasteiger partial charge in [-0.05, 0) is 31.4 Å². The van der Waals surface area contributed by atoms with Crippen molar-refractivity contribution in [2.45, 2.75) is 57.2 Å². The monoisotopic (exact) mass is 288 g/mol. The minimum absolute atomic E-state index is 0.0390. The summed E-state index contributed by atoms with van der Waals surface area (Å²) in [5.41, 5.74) is 0.0393. The Kier molecular flexibility index (Phi) is 3.61. The lowest BCUT2D eigenvalue weighted by Gasteiger charge is -2.44. The molecule has 0 bridgehead atoms. The molecule has 1 N–H and O–H groups in total. The van der Waals surface area contributed by atoms with Gasteiger partial charge in [0, 0.05) is 6.20 Å². The molecule has 1 aliphatic heterocycles. The van der Waals surface area contributed by atoms with Crippen molar-refractivity contribution in [1.82, 2.24) is 20.4 Å². The lowest BCUT2D eigenvalue weighted by molar-refractivity contribution is -0.155. The van der Waals surface area contributed by atoms with Crippen LogP contribution in [0, 0.1) is 0 Å². The van der Waals surface area contributed by atoms with E-state index in [0.717, 1.165) is 25.7 Å². The van der Waals surface area contributed by atoms with E-state index < -0.39 is 11.6 Å². The Hall–Kier alpha value is -1.98. The Morgan fingerprint density at radius 1 is 1.38 bits per heavy atom. The van der Waals surface area contributed by atoms with Crippen molar-refractivity contribution >= 4 is 11.8 Å². The molecule has 2 aliphatic rings. The van der Waals surface area contributed by atoms with Gasteiger partial charge in [-0.1, -0.05) is 19.8 Å². The highest BCUT2D eigenvalue weighted by molar-refractivity contribution is 6.00. The van der Waals surface area contributed by atoms with Crippen LogP contribution >= 0.6 is 0 Å². The second-order valence-electron chi connectivity index (χ2n) is 5.85. The largest absolute Gasteiger partial charge is 0.340 e. The maximum atomic E-state index is 12.9. The first-order valence-electron chi connectivity index (χ1n) is 7.56. The zero-order valence-electron chi connectivity index (χ0n) is 12.2. The third-order valence-corrected chi connectivity index (χ3v) is 4.52. The van der Waals surface area contributed by atoms with Crippen molar-refractivity contribution in [2.24, 2.45) is 0 Å². The van der Waals surface area contributed by atoms with Crippen LogP contribution < -0.4 is 5.32 Å². The first-order chi connectivity index (χ1) is 10.2. The normalized spacial score (nSPS) is 24.4. The number of hydrogen-bond donors (Lipinski definition) is 1. The molecular weight excluding hydrogens is 268 g/mol. The van der Waals surface area contributed by atoms with Gasteiger partial charge in [0.1, 0.15) is 11.6 Å². The van der Waals surface area contributed by atoms with Gasteiger partial charge in [0.2, 0.25) is 11.8 Å². The summed E-state index contributed by atoms with van der Waals surface area (Å²) in [5.74, 6) is -0.00000614. The van der Waals surface area contributed by atoms with Crippen LogP contribution in [0.5, 0.6) is 0 Å². The molecule has 3 rings (SSSR count). The van der Waals surface area contributed by atoms with E-state index in [4.69, 9.17) is 0 Å². The summed E-state index contributed by atoms with van der Waals surface area (Å²) in [5, 5.41) is 10.9. The Morgan fingerprint density at radius 2 is 2.14 bits per heavy atom. The molecule has 21 heavy (non-hydrogen) atoms. The fraction of sp³-hybridized carbons (Fsp3) is 0.600. The Balaban J connectivity index is 1.89. The van der Waals surface area contributed by atoms with Crippen molar-refractivity contribution in [3.05, 3.63) is 24.0 Å². The second-order valence-corrected chi connectivity index (χ2v) is 5.85. The number of carbonyl (C=O) groups excluding carboxylic acids is 2. The molecule has 6 nitrogen and oxygen atoms in total. The van der Waals surface area contributed by atoms with E-state index in [1.165, 1.54) is 0 Å². The highest BCUT2D eigenvalue weighted by Crippen LogP contribution is 2.35. The maximum absolute atomic E-state index is 12.9. The number of piperazine rings is 1. The molecule has 1 aromatic rings. The molecular formula is C15H20N4O2. The van der Waals surface area contributed by atoms with Crippen molar-refractivity contribution < 1.29 is 9.59 Å². The standard InChI is InChI=1S/C15H20N4O2/c1-2-12-13(20)17-15(7-3-4-8-15)14(21)19(12)10-11-6-5-9-16-18-11/h5-6,9,12H,2-4,7-8,10H2,1H3,(H,17,20). The first kappa shape index (κ1) is 14.0. The number of amides is 2. The van der Waals surface area contributed by atoms with Gasteiger partial charge in [-0.2, -0.15) is 10.2 Å². The van der Waals surface area contributed by atoms with Gasteiger partial charge < -0.3 is 10.2 Å². The SMILES string of the molecule is CCC1C(=O)NC2(CCCC2)C(=O)N1Cc1cccnn1. The number of rotatable bonds is 3. The van der Waals surface area contributed by atoms with E-state index in [-0.39, 0.29) is 11.8 Å². The zero-order valence-corrected chi connectivity index (χ0v) is 12.2. The summed E-state index contributed by atoms with van der Waals surface area (Å²) >= 11 is 0. The molecule has 0 aromatic carbocycles. The number of nitrogens with one attached hydrogen (secondary N) is 1. The molecule has 1 aromatic heterocycles. The molecule has 112 valence electrons. The van der Waals surface area contributed by atoms with Crippen LogP contribution in [0.2, 0.25) is 0 Å². The fourth-order valence-corrected chi connectivity index (χ4v) is 3.43. The number of hydrogen-bond acceptors (Lipinski definition) is 4. The molecule has 1 atom stereocenters. The summed E-state index contributed by atoms with van der Waals surface area (Å²) in [4.78, 5) is 27.0. The predicted molar refractivity (Wildman–Crippen MR) is 76.0 cm³/mol. The minimum Gasteiger partial charge on any atom is -0.340 e. The van der Waals surface area contributed by atoms with Gasteiger partial charge >= 0.3 is 0 Å². The highest BCUT2D eigenvalue weighted by Gasteiger charge is 2.51. The molecule has 2 heterocycles. The van der Waals surface area contributed by atoms with Gasteiger partial charge in [-0.3, -0.25) is 9.59 Å². The molecule has 2 fully saturated rings. The molecule has 1 unspecified atom stereocenters. The predicted octanol–water partition coefficient (Wildman–Crippen LogP) is 1.03. The zero-order chi connectivity index (χ0) is 14.9. The lowest BCUT2D eigenvalue weighted by atomic mass is 9.90. The van der Waals surface area contributed by atoms with Crippen LogP contribution in [0.25, 0.3) is 0 Å². The third-order valence-electron chi connectivity index (χ3n) is 4.52. The van der Waals surface area contributed by atoms with Crippen LogP contribution in [-0.4, -0.2) is 38.5 Å². The average Bonchev–Trinajstić information content (AvgIpc) is 2.95. The summed E-state index contributed by atoms with van der Waals surface area (Å²) in [6, 6.07) is 3.22. The molecule has 1 saturated carbocycles. The number of aromatic nitrogens is 2. The van der Waals surface area contributed by atoms with Gasteiger partial charge in [-0.25, -0.2) is 0 Å². The van der Waals surface area contributed by atoms with E-state index in [0.29, 0.717) is 18.7 Å². The van der Waals surface area contributed by atoms with Crippen LogP contribution in [0.15, 0.2) is 18.3 Å². The second kappa shape index (κ2) is 5.42. The van der Waals surface area contributed by atoms with Crippen molar-refractivity contribution in [3.63, 3.8) is 0 Å². The van der Waals surface area contributed by atoms with E-state index in [9.17, 15) is 9.59 Å². The molecule has 2 amide bonds. The first-order valence-corrected chi connectivity index (χ1v) is 7.56. The van der Waals surface area contributed by atoms with E-state index >= 15 is 0 Å². The van der Waals surface area contributed by atoms with E-state index in [1.807, 2.05) is 13.0 Å². The van der Waals surface area contributed by atoms with E-state index in [2.05, 4.69) is 15.5 Å². The van der Waals surface area contributed by atoms with Gasteiger partial charge in [-0.15, -0.1) is 0 Å². The fourth-order valence-electron chi connectivity index (χ4n) is 3.43. The quantitative estimate of drug-likeness (QED) is 0.901. The molecule has 1 spiro atoms.